The molecule has 4 rings (SSSR count). The molecule has 0 saturated carbocycles. The molecule has 1 aromatic heterocycles. The third kappa shape index (κ3) is 4.52. The van der Waals surface area contributed by atoms with Crippen molar-refractivity contribution in [1.29, 1.82) is 0 Å². The van der Waals surface area contributed by atoms with Gasteiger partial charge in [0.2, 0.25) is 10.0 Å². The minimum Gasteiger partial charge on any atom is -0.322 e. The van der Waals surface area contributed by atoms with Gasteiger partial charge in [0, 0.05) is 30.2 Å². The second-order valence-corrected chi connectivity index (χ2v) is 9.60. The number of sulfonamides is 1. The lowest BCUT2D eigenvalue weighted by atomic mass is 9.99. The number of hydrogen-bond donors (Lipinski definition) is 1. The van der Waals surface area contributed by atoms with Crippen LogP contribution >= 0.6 is 0 Å². The van der Waals surface area contributed by atoms with Crippen LogP contribution in [0.2, 0.25) is 0 Å². The normalized spacial score (nSPS) is 17.3. The molecule has 1 fully saturated rings. The lowest BCUT2D eigenvalue weighted by molar-refractivity contribution is 0.102. The second-order valence-electron chi connectivity index (χ2n) is 7.71. The summed E-state index contributed by atoms with van der Waals surface area (Å²) in [5.74, 6) is -0.221. The van der Waals surface area contributed by atoms with Crippen LogP contribution in [0.4, 0.5) is 5.69 Å². The van der Waals surface area contributed by atoms with Crippen LogP contribution in [0.25, 0.3) is 0 Å². The minimum atomic E-state index is -3.67. The molecule has 0 bridgehead atoms. The number of pyridine rings is 1. The Kier molecular flexibility index (Phi) is 6.15. The first-order valence-electron chi connectivity index (χ1n) is 10.4. The van der Waals surface area contributed by atoms with E-state index in [2.05, 4.69) is 10.3 Å². The second kappa shape index (κ2) is 8.99. The zero-order valence-corrected chi connectivity index (χ0v) is 18.2. The van der Waals surface area contributed by atoms with E-state index in [0.717, 1.165) is 30.4 Å². The molecule has 7 heteroatoms. The van der Waals surface area contributed by atoms with Gasteiger partial charge >= 0.3 is 0 Å². The Morgan fingerprint density at radius 1 is 1.03 bits per heavy atom. The molecule has 1 saturated heterocycles. The number of benzene rings is 2. The van der Waals surface area contributed by atoms with Gasteiger partial charge in [0.1, 0.15) is 0 Å². The highest BCUT2D eigenvalue weighted by atomic mass is 32.2. The summed E-state index contributed by atoms with van der Waals surface area (Å²) in [6.07, 6.45) is 6.02. The van der Waals surface area contributed by atoms with Gasteiger partial charge in [-0.25, -0.2) is 8.42 Å². The van der Waals surface area contributed by atoms with Crippen molar-refractivity contribution in [2.45, 2.75) is 37.1 Å². The fourth-order valence-corrected chi connectivity index (χ4v) is 5.65. The van der Waals surface area contributed by atoms with E-state index in [1.807, 2.05) is 37.3 Å². The summed E-state index contributed by atoms with van der Waals surface area (Å²) >= 11 is 0. The third-order valence-electron chi connectivity index (χ3n) is 5.63. The van der Waals surface area contributed by atoms with Crippen molar-refractivity contribution in [3.8, 4) is 0 Å². The maximum Gasteiger partial charge on any atom is 0.255 e. The number of nitrogens with zero attached hydrogens (tertiary/aromatic N) is 2. The van der Waals surface area contributed by atoms with Crippen molar-refractivity contribution in [3.05, 3.63) is 89.7 Å². The Labute approximate surface area is 183 Å². The topological polar surface area (TPSA) is 79.4 Å². The first kappa shape index (κ1) is 21.2. The molecule has 0 spiro atoms. The van der Waals surface area contributed by atoms with Crippen molar-refractivity contribution < 1.29 is 13.2 Å². The quantitative estimate of drug-likeness (QED) is 0.637. The van der Waals surface area contributed by atoms with Crippen molar-refractivity contribution in [2.24, 2.45) is 0 Å². The van der Waals surface area contributed by atoms with Gasteiger partial charge < -0.3 is 5.32 Å². The van der Waals surface area contributed by atoms with Crippen LogP contribution in [0.3, 0.4) is 0 Å². The van der Waals surface area contributed by atoms with Crippen LogP contribution in [0.1, 0.15) is 46.8 Å². The molecule has 1 aliphatic rings. The number of aromatic nitrogens is 1. The lowest BCUT2D eigenvalue weighted by Gasteiger charge is -2.34. The maximum absolute atomic E-state index is 13.4. The molecule has 1 amide bonds. The van der Waals surface area contributed by atoms with E-state index in [0.29, 0.717) is 17.8 Å². The smallest absolute Gasteiger partial charge is 0.255 e. The Morgan fingerprint density at radius 2 is 1.81 bits per heavy atom. The highest BCUT2D eigenvalue weighted by Gasteiger charge is 2.34. The first-order chi connectivity index (χ1) is 15.0. The predicted octanol–water partition coefficient (Wildman–Crippen LogP) is 4.56. The van der Waals surface area contributed by atoms with Crippen molar-refractivity contribution in [3.63, 3.8) is 0 Å². The summed E-state index contributed by atoms with van der Waals surface area (Å²) in [5, 5.41) is 2.84. The van der Waals surface area contributed by atoms with E-state index in [-0.39, 0.29) is 16.8 Å². The van der Waals surface area contributed by atoms with Crippen LogP contribution in [0, 0.1) is 6.92 Å². The Hall–Kier alpha value is -3.03. The summed E-state index contributed by atoms with van der Waals surface area (Å²) in [6, 6.07) is 17.2. The largest absolute Gasteiger partial charge is 0.322 e. The van der Waals surface area contributed by atoms with Gasteiger partial charge in [-0.1, -0.05) is 30.7 Å². The molecule has 3 aromatic rings. The van der Waals surface area contributed by atoms with Gasteiger partial charge in [-0.05, 0) is 67.3 Å². The summed E-state index contributed by atoms with van der Waals surface area (Å²) in [5.41, 5.74) is 2.93. The summed E-state index contributed by atoms with van der Waals surface area (Å²) in [4.78, 5) is 16.9. The van der Waals surface area contributed by atoms with Crippen LogP contribution in [-0.4, -0.2) is 30.2 Å². The van der Waals surface area contributed by atoms with E-state index < -0.39 is 10.0 Å². The fraction of sp³-hybridized carbons (Fsp3) is 0.250. The lowest BCUT2D eigenvalue weighted by Crippen LogP contribution is -2.38. The van der Waals surface area contributed by atoms with Crippen LogP contribution < -0.4 is 5.32 Å². The summed E-state index contributed by atoms with van der Waals surface area (Å²) < 4.78 is 28.4. The van der Waals surface area contributed by atoms with Gasteiger partial charge in [-0.3, -0.25) is 9.78 Å². The Morgan fingerprint density at radius 3 is 2.52 bits per heavy atom. The van der Waals surface area contributed by atoms with Gasteiger partial charge in [-0.15, -0.1) is 0 Å². The molecule has 160 valence electrons. The van der Waals surface area contributed by atoms with Gasteiger partial charge in [0.05, 0.1) is 10.9 Å². The molecule has 0 radical (unpaired) electrons. The highest BCUT2D eigenvalue weighted by Crippen LogP contribution is 2.35. The molecule has 31 heavy (non-hydrogen) atoms. The molecular weight excluding hydrogens is 410 g/mol. The Balaban J connectivity index is 1.55. The Bertz CT molecular complexity index is 1160. The molecule has 1 aliphatic heterocycles. The summed E-state index contributed by atoms with van der Waals surface area (Å²) in [6.45, 7) is 2.36. The zero-order valence-electron chi connectivity index (χ0n) is 17.4. The number of aryl methyl sites for hydroxylation is 1. The number of anilines is 1. The van der Waals surface area contributed by atoms with E-state index in [9.17, 15) is 13.2 Å². The molecule has 1 atom stereocenters. The minimum absolute atomic E-state index is 0.215. The highest BCUT2D eigenvalue weighted by molar-refractivity contribution is 7.89. The average molecular weight is 436 g/mol. The number of hydrogen-bond acceptors (Lipinski definition) is 4. The molecular formula is C24H25N3O3S. The zero-order chi connectivity index (χ0) is 21.8. The standard InChI is InChI=1S/C24H25N3O3S/c1-18-7-2-3-9-22(18)24(28)26-20-11-13-21(14-12-20)31(29,30)27-16-5-4-10-23(27)19-8-6-15-25-17-19/h2-3,6-9,11-15,17,23H,4-5,10,16H2,1H3,(H,26,28). The van der Waals surface area contributed by atoms with E-state index >= 15 is 0 Å². The number of carbonyl (C=O) groups excluding carboxylic acids is 1. The number of amides is 1. The molecule has 1 unspecified atom stereocenters. The van der Waals surface area contributed by atoms with Crippen LogP contribution in [0.15, 0.2) is 78.0 Å². The summed E-state index contributed by atoms with van der Waals surface area (Å²) in [7, 11) is -3.67. The van der Waals surface area contributed by atoms with Gasteiger partial charge in [0.15, 0.2) is 0 Å². The monoisotopic (exact) mass is 435 g/mol. The van der Waals surface area contributed by atoms with Crippen LogP contribution in [0.5, 0.6) is 0 Å². The molecule has 2 aromatic carbocycles. The fourth-order valence-electron chi connectivity index (χ4n) is 3.97. The van der Waals surface area contributed by atoms with E-state index in [4.69, 9.17) is 0 Å². The van der Waals surface area contributed by atoms with Crippen molar-refractivity contribution in [1.82, 2.24) is 9.29 Å². The number of piperidine rings is 1. The molecule has 6 nitrogen and oxygen atoms in total. The van der Waals surface area contributed by atoms with Crippen LogP contribution in [-0.2, 0) is 10.0 Å². The first-order valence-corrected chi connectivity index (χ1v) is 11.8. The number of rotatable bonds is 5. The van der Waals surface area contributed by atoms with Gasteiger partial charge in [0.25, 0.3) is 5.91 Å². The maximum atomic E-state index is 13.4. The molecule has 2 heterocycles. The average Bonchev–Trinajstić information content (AvgIpc) is 2.80. The van der Waals surface area contributed by atoms with E-state index in [1.165, 1.54) is 0 Å². The molecule has 0 aliphatic carbocycles. The number of carbonyl (C=O) groups is 1. The van der Waals surface area contributed by atoms with Crippen molar-refractivity contribution >= 4 is 21.6 Å². The van der Waals surface area contributed by atoms with Gasteiger partial charge in [-0.2, -0.15) is 4.31 Å². The third-order valence-corrected chi connectivity index (χ3v) is 7.55. The SMILES string of the molecule is Cc1ccccc1C(=O)Nc1ccc(S(=O)(=O)N2CCCCC2c2cccnc2)cc1. The van der Waals surface area contributed by atoms with E-state index in [1.54, 1.807) is 47.0 Å². The molecule has 1 N–H and O–H groups in total. The van der Waals surface area contributed by atoms with Crippen molar-refractivity contribution in [2.75, 3.05) is 11.9 Å². The number of nitrogens with one attached hydrogen (secondary N) is 1. The predicted molar refractivity (Wildman–Crippen MR) is 120 cm³/mol.